The Labute approximate surface area is 143 Å². The molecule has 0 amide bonds. The number of esters is 1. The average Bonchev–Trinajstić information content (AvgIpc) is 3.02. The minimum absolute atomic E-state index is 0.130. The second-order valence-electron chi connectivity index (χ2n) is 4.99. The normalized spacial score (nSPS) is 10.5. The SMILES string of the molecule is CCOC(=O)c1ccc(OCc2c(-c3ccccn3)nnn2C)nn1. The van der Waals surface area contributed by atoms with Gasteiger partial charge in [-0.3, -0.25) is 4.98 Å². The van der Waals surface area contributed by atoms with Crippen LogP contribution in [0.5, 0.6) is 5.88 Å². The molecule has 25 heavy (non-hydrogen) atoms. The highest BCUT2D eigenvalue weighted by atomic mass is 16.5. The molecule has 0 saturated heterocycles. The summed E-state index contributed by atoms with van der Waals surface area (Å²) in [5.41, 5.74) is 2.22. The molecule has 3 heterocycles. The summed E-state index contributed by atoms with van der Waals surface area (Å²) in [6, 6.07) is 8.62. The van der Waals surface area contributed by atoms with E-state index in [4.69, 9.17) is 9.47 Å². The predicted molar refractivity (Wildman–Crippen MR) is 86.6 cm³/mol. The minimum atomic E-state index is -0.519. The Balaban J connectivity index is 1.72. The molecule has 0 bridgehead atoms. The fourth-order valence-corrected chi connectivity index (χ4v) is 2.09. The molecule has 9 heteroatoms. The van der Waals surface area contributed by atoms with Crippen LogP contribution in [-0.2, 0) is 18.4 Å². The van der Waals surface area contributed by atoms with Crippen LogP contribution in [0.3, 0.4) is 0 Å². The van der Waals surface area contributed by atoms with E-state index in [0.29, 0.717) is 11.4 Å². The van der Waals surface area contributed by atoms with Crippen molar-refractivity contribution >= 4 is 5.97 Å². The Hall–Kier alpha value is -3.36. The van der Waals surface area contributed by atoms with Crippen molar-refractivity contribution in [2.45, 2.75) is 13.5 Å². The lowest BCUT2D eigenvalue weighted by molar-refractivity contribution is 0.0517. The number of pyridine rings is 1. The van der Waals surface area contributed by atoms with Crippen LogP contribution in [0.25, 0.3) is 11.4 Å². The maximum absolute atomic E-state index is 11.6. The fourth-order valence-electron chi connectivity index (χ4n) is 2.09. The van der Waals surface area contributed by atoms with E-state index in [1.807, 2.05) is 18.2 Å². The van der Waals surface area contributed by atoms with E-state index >= 15 is 0 Å². The number of aromatic nitrogens is 6. The van der Waals surface area contributed by atoms with Gasteiger partial charge in [-0.05, 0) is 25.1 Å². The quantitative estimate of drug-likeness (QED) is 0.620. The van der Waals surface area contributed by atoms with E-state index in [1.165, 1.54) is 6.07 Å². The van der Waals surface area contributed by atoms with Gasteiger partial charge in [-0.1, -0.05) is 11.3 Å². The van der Waals surface area contributed by atoms with Crippen molar-refractivity contribution < 1.29 is 14.3 Å². The molecule has 0 atom stereocenters. The predicted octanol–water partition coefficient (Wildman–Crippen LogP) is 1.42. The number of hydrogen-bond acceptors (Lipinski definition) is 8. The number of hydrogen-bond donors (Lipinski definition) is 0. The highest BCUT2D eigenvalue weighted by Crippen LogP contribution is 2.19. The van der Waals surface area contributed by atoms with Crippen molar-refractivity contribution in [1.29, 1.82) is 0 Å². The molecular formula is C16H16N6O3. The maximum atomic E-state index is 11.6. The van der Waals surface area contributed by atoms with Gasteiger partial charge in [0.2, 0.25) is 5.88 Å². The molecule has 9 nitrogen and oxygen atoms in total. The minimum Gasteiger partial charge on any atom is -0.470 e. The van der Waals surface area contributed by atoms with Crippen molar-refractivity contribution in [3.8, 4) is 17.3 Å². The Morgan fingerprint density at radius 1 is 1.16 bits per heavy atom. The van der Waals surface area contributed by atoms with Crippen LogP contribution < -0.4 is 4.74 Å². The Morgan fingerprint density at radius 3 is 2.72 bits per heavy atom. The lowest BCUT2D eigenvalue weighted by Crippen LogP contribution is -2.09. The van der Waals surface area contributed by atoms with Crippen LogP contribution in [0, 0.1) is 0 Å². The van der Waals surface area contributed by atoms with Crippen LogP contribution in [0.1, 0.15) is 23.1 Å². The molecule has 128 valence electrons. The number of carbonyl (C=O) groups excluding carboxylic acids is 1. The summed E-state index contributed by atoms with van der Waals surface area (Å²) in [5.74, 6) is -0.240. The number of ether oxygens (including phenoxy) is 2. The van der Waals surface area contributed by atoms with Gasteiger partial charge >= 0.3 is 5.97 Å². The van der Waals surface area contributed by atoms with Gasteiger partial charge in [0, 0.05) is 19.3 Å². The molecule has 0 fully saturated rings. The summed E-state index contributed by atoms with van der Waals surface area (Å²) in [7, 11) is 1.77. The first kappa shape index (κ1) is 16.5. The monoisotopic (exact) mass is 340 g/mol. The van der Waals surface area contributed by atoms with Gasteiger partial charge in [-0.2, -0.15) is 0 Å². The third kappa shape index (κ3) is 3.77. The molecule has 0 spiro atoms. The lowest BCUT2D eigenvalue weighted by Gasteiger charge is -2.07. The Kier molecular flexibility index (Phi) is 4.93. The highest BCUT2D eigenvalue weighted by Gasteiger charge is 2.15. The molecule has 0 aliphatic rings. The van der Waals surface area contributed by atoms with Crippen LogP contribution in [0.2, 0.25) is 0 Å². The molecule has 3 aromatic rings. The molecule has 0 aliphatic heterocycles. The van der Waals surface area contributed by atoms with Gasteiger partial charge in [0.15, 0.2) is 5.69 Å². The topological polar surface area (TPSA) is 105 Å². The van der Waals surface area contributed by atoms with Gasteiger partial charge in [0.05, 0.1) is 12.3 Å². The van der Waals surface area contributed by atoms with Crippen molar-refractivity contribution in [3.05, 3.63) is 47.9 Å². The summed E-state index contributed by atoms with van der Waals surface area (Å²) in [5, 5.41) is 15.8. The van der Waals surface area contributed by atoms with E-state index in [9.17, 15) is 4.79 Å². The van der Waals surface area contributed by atoms with E-state index in [-0.39, 0.29) is 24.8 Å². The molecule has 0 N–H and O–H groups in total. The molecule has 0 saturated carbocycles. The Bertz CT molecular complexity index is 848. The first-order valence-corrected chi connectivity index (χ1v) is 7.62. The van der Waals surface area contributed by atoms with Crippen molar-refractivity contribution in [2.75, 3.05) is 6.61 Å². The summed E-state index contributed by atoms with van der Waals surface area (Å²) in [4.78, 5) is 15.8. The molecule has 0 aromatic carbocycles. The van der Waals surface area contributed by atoms with Crippen molar-refractivity contribution in [3.63, 3.8) is 0 Å². The lowest BCUT2D eigenvalue weighted by atomic mass is 10.2. The number of aryl methyl sites for hydroxylation is 1. The van der Waals surface area contributed by atoms with Gasteiger partial charge in [0.1, 0.15) is 18.0 Å². The van der Waals surface area contributed by atoms with E-state index in [1.54, 1.807) is 30.9 Å². The summed E-state index contributed by atoms with van der Waals surface area (Å²) in [6.45, 7) is 2.19. The molecule has 0 unspecified atom stereocenters. The van der Waals surface area contributed by atoms with Crippen molar-refractivity contribution in [2.24, 2.45) is 7.05 Å². The second-order valence-corrected chi connectivity index (χ2v) is 4.99. The highest BCUT2D eigenvalue weighted by molar-refractivity contribution is 5.86. The third-order valence-electron chi connectivity index (χ3n) is 3.33. The molecule has 0 radical (unpaired) electrons. The van der Waals surface area contributed by atoms with Crippen LogP contribution in [0.15, 0.2) is 36.5 Å². The van der Waals surface area contributed by atoms with Crippen LogP contribution in [0.4, 0.5) is 0 Å². The van der Waals surface area contributed by atoms with E-state index < -0.39 is 5.97 Å². The zero-order valence-corrected chi connectivity index (χ0v) is 13.8. The summed E-state index contributed by atoms with van der Waals surface area (Å²) >= 11 is 0. The van der Waals surface area contributed by atoms with E-state index in [2.05, 4.69) is 25.5 Å². The zero-order chi connectivity index (χ0) is 17.6. The van der Waals surface area contributed by atoms with Gasteiger partial charge in [0.25, 0.3) is 0 Å². The average molecular weight is 340 g/mol. The number of nitrogens with zero attached hydrogens (tertiary/aromatic N) is 6. The maximum Gasteiger partial charge on any atom is 0.358 e. The van der Waals surface area contributed by atoms with Crippen molar-refractivity contribution in [1.82, 2.24) is 30.2 Å². The van der Waals surface area contributed by atoms with Crippen LogP contribution >= 0.6 is 0 Å². The standard InChI is InChI=1S/C16H16N6O3/c1-3-24-16(23)12-7-8-14(19-18-12)25-10-13-15(20-21-22(13)2)11-6-4-5-9-17-11/h4-9H,3,10H2,1-2H3. The zero-order valence-electron chi connectivity index (χ0n) is 13.8. The molecular weight excluding hydrogens is 324 g/mol. The molecule has 3 rings (SSSR count). The van der Waals surface area contributed by atoms with Gasteiger partial charge < -0.3 is 9.47 Å². The summed E-state index contributed by atoms with van der Waals surface area (Å²) < 4.78 is 12.1. The first-order chi connectivity index (χ1) is 12.2. The van der Waals surface area contributed by atoms with Gasteiger partial charge in [-0.15, -0.1) is 15.3 Å². The van der Waals surface area contributed by atoms with Gasteiger partial charge in [-0.25, -0.2) is 9.48 Å². The molecule has 3 aromatic heterocycles. The number of carbonyl (C=O) groups is 1. The first-order valence-electron chi connectivity index (χ1n) is 7.62. The Morgan fingerprint density at radius 2 is 2.04 bits per heavy atom. The fraction of sp³-hybridized carbons (Fsp3) is 0.250. The summed E-state index contributed by atoms with van der Waals surface area (Å²) in [6.07, 6.45) is 1.69. The second kappa shape index (κ2) is 7.47. The smallest absolute Gasteiger partial charge is 0.358 e. The molecule has 0 aliphatic carbocycles. The largest absolute Gasteiger partial charge is 0.470 e. The van der Waals surface area contributed by atoms with E-state index in [0.717, 1.165) is 5.69 Å². The number of rotatable bonds is 6. The van der Waals surface area contributed by atoms with Crippen LogP contribution in [-0.4, -0.2) is 42.8 Å². The third-order valence-corrected chi connectivity index (χ3v) is 3.33.